The van der Waals surface area contributed by atoms with Crippen LogP contribution in [0.4, 0.5) is 0 Å². The Labute approximate surface area is 158 Å². The second-order valence-electron chi connectivity index (χ2n) is 7.31. The summed E-state index contributed by atoms with van der Waals surface area (Å²) in [6, 6.07) is 5.65. The van der Waals surface area contributed by atoms with Gasteiger partial charge in [0, 0.05) is 30.5 Å². The molecular formula is C20H24N4O3. The fraction of sp³-hybridized carbons (Fsp3) is 0.450. The summed E-state index contributed by atoms with van der Waals surface area (Å²) in [6.07, 6.45) is 3.56. The highest BCUT2D eigenvalue weighted by atomic mass is 16.5. The van der Waals surface area contributed by atoms with Gasteiger partial charge in [-0.3, -0.25) is 4.79 Å². The number of rotatable bonds is 4. The highest BCUT2D eigenvalue weighted by molar-refractivity contribution is 5.99. The summed E-state index contributed by atoms with van der Waals surface area (Å²) >= 11 is 0. The van der Waals surface area contributed by atoms with Crippen LogP contribution in [0, 0.1) is 0 Å². The molecule has 2 aliphatic rings. The van der Waals surface area contributed by atoms with Gasteiger partial charge in [-0.05, 0) is 30.7 Å². The van der Waals surface area contributed by atoms with Gasteiger partial charge in [-0.2, -0.15) is 0 Å². The first-order valence-electron chi connectivity index (χ1n) is 9.29. The van der Waals surface area contributed by atoms with Gasteiger partial charge < -0.3 is 19.4 Å². The Morgan fingerprint density at radius 1 is 1.37 bits per heavy atom. The fourth-order valence-corrected chi connectivity index (χ4v) is 3.58. The molecule has 0 radical (unpaired) electrons. The van der Waals surface area contributed by atoms with Crippen molar-refractivity contribution < 1.29 is 14.3 Å². The number of benzene rings is 1. The Bertz CT molecular complexity index is 901. The number of nitrogens with zero attached hydrogens (tertiary/aromatic N) is 3. The van der Waals surface area contributed by atoms with Crippen LogP contribution in [0.5, 0.6) is 11.5 Å². The van der Waals surface area contributed by atoms with Crippen molar-refractivity contribution >= 4 is 12.0 Å². The Balaban J connectivity index is 1.48. The smallest absolute Gasteiger partial charge is 0.250 e. The van der Waals surface area contributed by atoms with Gasteiger partial charge in [0.1, 0.15) is 29.8 Å². The Hall–Kier alpha value is -2.83. The van der Waals surface area contributed by atoms with Crippen molar-refractivity contribution in [1.29, 1.82) is 0 Å². The van der Waals surface area contributed by atoms with Gasteiger partial charge in [-0.25, -0.2) is 0 Å². The molecule has 1 amide bonds. The molecule has 7 heteroatoms. The molecule has 1 aromatic heterocycles. The van der Waals surface area contributed by atoms with Crippen LogP contribution in [-0.4, -0.2) is 40.4 Å². The van der Waals surface area contributed by atoms with Crippen molar-refractivity contribution in [2.24, 2.45) is 0 Å². The average Bonchev–Trinajstić information content (AvgIpc) is 3.10. The summed E-state index contributed by atoms with van der Waals surface area (Å²) in [5, 5.41) is 11.7. The number of nitrogens with one attached hydrogen (secondary N) is 1. The number of hydrogen-bond acceptors (Lipinski definition) is 5. The molecule has 0 saturated heterocycles. The molecule has 0 fully saturated rings. The number of fused-ring (bicyclic) bond motifs is 2. The van der Waals surface area contributed by atoms with Crippen LogP contribution in [-0.2, 0) is 17.8 Å². The summed E-state index contributed by atoms with van der Waals surface area (Å²) in [5.74, 6) is 3.71. The van der Waals surface area contributed by atoms with Gasteiger partial charge in [-0.15, -0.1) is 10.2 Å². The fourth-order valence-electron chi connectivity index (χ4n) is 3.58. The van der Waals surface area contributed by atoms with Gasteiger partial charge >= 0.3 is 0 Å². The maximum Gasteiger partial charge on any atom is 0.250 e. The minimum absolute atomic E-state index is 0.0612. The zero-order chi connectivity index (χ0) is 19.0. The number of carbonyl (C=O) groups is 1. The van der Waals surface area contributed by atoms with Gasteiger partial charge in [0.25, 0.3) is 5.91 Å². The summed E-state index contributed by atoms with van der Waals surface area (Å²) in [6.45, 7) is 5.19. The predicted octanol–water partition coefficient (Wildman–Crippen LogP) is 2.32. The third-order valence-corrected chi connectivity index (χ3v) is 5.05. The Morgan fingerprint density at radius 2 is 2.22 bits per heavy atom. The van der Waals surface area contributed by atoms with Crippen molar-refractivity contribution in [3.8, 4) is 11.5 Å². The van der Waals surface area contributed by atoms with Crippen molar-refractivity contribution in [2.75, 3.05) is 13.7 Å². The lowest BCUT2D eigenvalue weighted by Gasteiger charge is -2.27. The van der Waals surface area contributed by atoms with Gasteiger partial charge in [0.05, 0.1) is 12.7 Å². The lowest BCUT2D eigenvalue weighted by atomic mass is 10.0. The maximum atomic E-state index is 12.8. The summed E-state index contributed by atoms with van der Waals surface area (Å²) in [7, 11) is 1.62. The normalized spacial score (nSPS) is 18.2. The summed E-state index contributed by atoms with van der Waals surface area (Å²) in [5.41, 5.74) is 1.48. The molecule has 7 nitrogen and oxygen atoms in total. The monoisotopic (exact) mass is 368 g/mol. The van der Waals surface area contributed by atoms with E-state index in [1.807, 2.05) is 24.3 Å². The van der Waals surface area contributed by atoms with E-state index in [1.165, 1.54) is 0 Å². The highest BCUT2D eigenvalue weighted by Gasteiger charge is 2.26. The molecule has 0 saturated carbocycles. The lowest BCUT2D eigenvalue weighted by Crippen LogP contribution is -2.42. The zero-order valence-corrected chi connectivity index (χ0v) is 15.9. The first-order valence-corrected chi connectivity index (χ1v) is 9.29. The van der Waals surface area contributed by atoms with E-state index in [4.69, 9.17) is 9.47 Å². The molecule has 0 aliphatic carbocycles. The number of carbonyl (C=O) groups excluding carboxylic acids is 1. The number of aromatic nitrogens is 3. The standard InChI is InChI=1S/C20H24N4O3/c1-12(2)19-23-22-18-7-4-15(10-24(18)19)21-20(25)14-8-13-9-16(26-3)5-6-17(13)27-11-14/h5-6,8-9,12,15H,4,7,10-11H2,1-3H3,(H,21,25)/t15-/m0/s1. The van der Waals surface area contributed by atoms with Crippen molar-refractivity contribution in [1.82, 2.24) is 20.1 Å². The van der Waals surface area contributed by atoms with E-state index in [0.29, 0.717) is 18.0 Å². The van der Waals surface area contributed by atoms with Crippen molar-refractivity contribution in [3.63, 3.8) is 0 Å². The molecule has 2 aliphatic heterocycles. The van der Waals surface area contributed by atoms with E-state index in [1.54, 1.807) is 7.11 Å². The van der Waals surface area contributed by atoms with Crippen LogP contribution in [0.1, 0.15) is 43.4 Å². The predicted molar refractivity (Wildman–Crippen MR) is 101 cm³/mol. The van der Waals surface area contributed by atoms with Crippen LogP contribution in [0.15, 0.2) is 23.8 Å². The van der Waals surface area contributed by atoms with Crippen LogP contribution in [0.25, 0.3) is 6.08 Å². The molecule has 0 bridgehead atoms. The lowest BCUT2D eigenvalue weighted by molar-refractivity contribution is -0.118. The third-order valence-electron chi connectivity index (χ3n) is 5.05. The average molecular weight is 368 g/mol. The Morgan fingerprint density at radius 3 is 3.00 bits per heavy atom. The molecule has 0 spiro atoms. The van der Waals surface area contributed by atoms with Gasteiger partial charge in [-0.1, -0.05) is 13.8 Å². The quantitative estimate of drug-likeness (QED) is 0.896. The minimum atomic E-state index is -0.0870. The SMILES string of the molecule is COc1ccc2c(c1)C=C(C(=O)N[C@H]1CCc3nnc(C(C)C)n3C1)CO2. The second-order valence-corrected chi connectivity index (χ2v) is 7.31. The van der Waals surface area contributed by atoms with Gasteiger partial charge in [0.2, 0.25) is 0 Å². The number of amides is 1. The molecule has 1 aromatic carbocycles. The molecule has 2 aromatic rings. The Kier molecular flexibility index (Phi) is 4.59. The summed E-state index contributed by atoms with van der Waals surface area (Å²) < 4.78 is 13.1. The van der Waals surface area contributed by atoms with Crippen LogP contribution >= 0.6 is 0 Å². The molecule has 1 atom stereocenters. The zero-order valence-electron chi connectivity index (χ0n) is 15.9. The number of aryl methyl sites for hydroxylation is 1. The van der Waals surface area contributed by atoms with Crippen LogP contribution < -0.4 is 14.8 Å². The molecule has 27 heavy (non-hydrogen) atoms. The molecule has 0 unspecified atom stereocenters. The van der Waals surface area contributed by atoms with Crippen molar-refractivity contribution in [2.45, 2.75) is 45.2 Å². The van der Waals surface area contributed by atoms with E-state index < -0.39 is 0 Å². The molecular weight excluding hydrogens is 344 g/mol. The maximum absolute atomic E-state index is 12.8. The largest absolute Gasteiger partial charge is 0.497 e. The van der Waals surface area contributed by atoms with E-state index in [-0.39, 0.29) is 18.6 Å². The van der Waals surface area contributed by atoms with Crippen molar-refractivity contribution in [3.05, 3.63) is 41.0 Å². The topological polar surface area (TPSA) is 78.3 Å². The third kappa shape index (κ3) is 3.41. The molecule has 142 valence electrons. The number of methoxy groups -OCH3 is 1. The molecule has 4 rings (SSSR count). The highest BCUT2D eigenvalue weighted by Crippen LogP contribution is 2.30. The van der Waals surface area contributed by atoms with E-state index in [2.05, 4.69) is 33.9 Å². The second kappa shape index (κ2) is 7.06. The van der Waals surface area contributed by atoms with E-state index in [9.17, 15) is 4.79 Å². The number of ether oxygens (including phenoxy) is 2. The first-order chi connectivity index (χ1) is 13.0. The van der Waals surface area contributed by atoms with Crippen LogP contribution in [0.2, 0.25) is 0 Å². The first kappa shape index (κ1) is 17.6. The van der Waals surface area contributed by atoms with Gasteiger partial charge in [0.15, 0.2) is 0 Å². The van der Waals surface area contributed by atoms with Crippen LogP contribution in [0.3, 0.4) is 0 Å². The molecule has 3 heterocycles. The number of hydrogen-bond donors (Lipinski definition) is 1. The van der Waals surface area contributed by atoms with E-state index >= 15 is 0 Å². The molecule has 1 N–H and O–H groups in total. The summed E-state index contributed by atoms with van der Waals surface area (Å²) in [4.78, 5) is 12.8. The van der Waals surface area contributed by atoms with E-state index in [0.717, 1.165) is 41.6 Å². The minimum Gasteiger partial charge on any atom is -0.497 e.